The largest absolute Gasteiger partial charge is 0.393 e. The molecule has 7 heteroatoms. The van der Waals surface area contributed by atoms with Crippen LogP contribution in [0.4, 0.5) is 4.39 Å². The van der Waals surface area contributed by atoms with Crippen molar-refractivity contribution in [1.82, 2.24) is 4.72 Å². The van der Waals surface area contributed by atoms with Crippen LogP contribution >= 0.6 is 11.6 Å². The van der Waals surface area contributed by atoms with Gasteiger partial charge < -0.3 is 5.11 Å². The highest BCUT2D eigenvalue weighted by Crippen LogP contribution is 2.19. The first-order valence-electron chi connectivity index (χ1n) is 5.45. The highest BCUT2D eigenvalue weighted by Gasteiger charge is 2.15. The van der Waals surface area contributed by atoms with Gasteiger partial charge in [0, 0.05) is 6.54 Å². The quantitative estimate of drug-likeness (QED) is 0.788. The van der Waals surface area contributed by atoms with E-state index in [1.165, 1.54) is 0 Å². The van der Waals surface area contributed by atoms with Crippen molar-refractivity contribution in [1.29, 1.82) is 0 Å². The van der Waals surface area contributed by atoms with Crippen molar-refractivity contribution in [2.75, 3.05) is 6.54 Å². The van der Waals surface area contributed by atoms with E-state index in [4.69, 9.17) is 16.7 Å². The van der Waals surface area contributed by atoms with Crippen LogP contribution in [-0.2, 0) is 10.0 Å². The maximum atomic E-state index is 12.9. The first-order valence-corrected chi connectivity index (χ1v) is 7.32. The Kier molecular flexibility index (Phi) is 5.52. The molecule has 2 N–H and O–H groups in total. The van der Waals surface area contributed by atoms with Gasteiger partial charge in [0.05, 0.1) is 16.0 Å². The second-order valence-electron chi connectivity index (χ2n) is 3.96. The molecule has 0 aliphatic rings. The van der Waals surface area contributed by atoms with Crippen molar-refractivity contribution < 1.29 is 17.9 Å². The Morgan fingerprint density at radius 1 is 1.50 bits per heavy atom. The minimum atomic E-state index is -3.68. The van der Waals surface area contributed by atoms with Gasteiger partial charge in [-0.05, 0) is 38.0 Å². The first kappa shape index (κ1) is 15.4. The van der Waals surface area contributed by atoms with Crippen molar-refractivity contribution in [2.24, 2.45) is 0 Å². The van der Waals surface area contributed by atoms with Crippen LogP contribution in [0.1, 0.15) is 19.8 Å². The minimum Gasteiger partial charge on any atom is -0.393 e. The molecule has 1 atom stereocenters. The predicted molar refractivity (Wildman–Crippen MR) is 67.5 cm³/mol. The third-order valence-electron chi connectivity index (χ3n) is 2.29. The van der Waals surface area contributed by atoms with E-state index in [1.54, 1.807) is 6.92 Å². The third-order valence-corrected chi connectivity index (χ3v) is 4.04. The summed E-state index contributed by atoms with van der Waals surface area (Å²) in [6, 6.07) is 3.22. The molecule has 0 saturated carbocycles. The molecule has 0 amide bonds. The zero-order valence-electron chi connectivity index (χ0n) is 9.86. The van der Waals surface area contributed by atoms with E-state index in [0.717, 1.165) is 18.2 Å². The van der Waals surface area contributed by atoms with Crippen LogP contribution in [0.2, 0.25) is 5.02 Å². The number of nitrogens with one attached hydrogen (secondary N) is 1. The smallest absolute Gasteiger partial charge is 0.240 e. The van der Waals surface area contributed by atoms with Gasteiger partial charge in [-0.3, -0.25) is 0 Å². The Balaban J connectivity index is 2.66. The Morgan fingerprint density at radius 2 is 2.17 bits per heavy atom. The fourth-order valence-electron chi connectivity index (χ4n) is 1.33. The molecule has 1 aromatic carbocycles. The fourth-order valence-corrected chi connectivity index (χ4v) is 2.68. The van der Waals surface area contributed by atoms with Gasteiger partial charge in [-0.2, -0.15) is 0 Å². The topological polar surface area (TPSA) is 66.4 Å². The second kappa shape index (κ2) is 6.47. The molecule has 0 spiro atoms. The molecule has 1 aromatic rings. The molecule has 102 valence electrons. The van der Waals surface area contributed by atoms with E-state index >= 15 is 0 Å². The van der Waals surface area contributed by atoms with Gasteiger partial charge in [-0.1, -0.05) is 11.6 Å². The van der Waals surface area contributed by atoms with Gasteiger partial charge in [0.1, 0.15) is 5.82 Å². The number of rotatable bonds is 6. The van der Waals surface area contributed by atoms with Crippen molar-refractivity contribution in [2.45, 2.75) is 30.8 Å². The first-order chi connectivity index (χ1) is 8.33. The third kappa shape index (κ3) is 4.53. The summed E-state index contributed by atoms with van der Waals surface area (Å²) >= 11 is 5.52. The van der Waals surface area contributed by atoms with Crippen molar-refractivity contribution in [3.63, 3.8) is 0 Å². The standard InChI is InChI=1S/C11H15ClFNO3S/c1-8(15)3-2-6-14-18(16,17)9-4-5-11(13)10(12)7-9/h4-5,7-8,14-15H,2-3,6H2,1H3. The maximum absolute atomic E-state index is 12.9. The highest BCUT2D eigenvalue weighted by molar-refractivity contribution is 7.89. The molecule has 0 saturated heterocycles. The van der Waals surface area contributed by atoms with E-state index in [0.29, 0.717) is 12.8 Å². The van der Waals surface area contributed by atoms with E-state index in [-0.39, 0.29) is 16.5 Å². The lowest BCUT2D eigenvalue weighted by Gasteiger charge is -2.08. The van der Waals surface area contributed by atoms with Crippen LogP contribution in [0.3, 0.4) is 0 Å². The second-order valence-corrected chi connectivity index (χ2v) is 6.14. The van der Waals surface area contributed by atoms with E-state index < -0.39 is 21.9 Å². The monoisotopic (exact) mass is 295 g/mol. The van der Waals surface area contributed by atoms with Gasteiger partial charge >= 0.3 is 0 Å². The Bertz CT molecular complexity index is 505. The van der Waals surface area contributed by atoms with Gasteiger partial charge in [-0.15, -0.1) is 0 Å². The van der Waals surface area contributed by atoms with Crippen LogP contribution in [0.5, 0.6) is 0 Å². The summed E-state index contributed by atoms with van der Waals surface area (Å²) in [7, 11) is -3.68. The zero-order valence-corrected chi connectivity index (χ0v) is 11.4. The Labute approximate surface area is 111 Å². The van der Waals surface area contributed by atoms with E-state index in [1.807, 2.05) is 0 Å². The van der Waals surface area contributed by atoms with Crippen LogP contribution < -0.4 is 4.72 Å². The van der Waals surface area contributed by atoms with Gasteiger partial charge in [0.15, 0.2) is 0 Å². The number of sulfonamides is 1. The van der Waals surface area contributed by atoms with Gasteiger partial charge in [0.25, 0.3) is 0 Å². The fraction of sp³-hybridized carbons (Fsp3) is 0.455. The maximum Gasteiger partial charge on any atom is 0.240 e. The molecule has 1 rings (SSSR count). The van der Waals surface area contributed by atoms with Crippen LogP contribution in [0.25, 0.3) is 0 Å². The predicted octanol–water partition coefficient (Wildman–Crippen LogP) is 1.92. The molecule has 0 heterocycles. The molecule has 0 radical (unpaired) electrons. The van der Waals surface area contributed by atoms with Crippen LogP contribution in [0, 0.1) is 5.82 Å². The zero-order chi connectivity index (χ0) is 13.8. The van der Waals surface area contributed by atoms with Crippen molar-refractivity contribution >= 4 is 21.6 Å². The lowest BCUT2D eigenvalue weighted by molar-refractivity contribution is 0.182. The average molecular weight is 296 g/mol. The normalized spacial score (nSPS) is 13.6. The Morgan fingerprint density at radius 3 is 2.72 bits per heavy atom. The molecule has 0 aliphatic carbocycles. The summed E-state index contributed by atoms with van der Waals surface area (Å²) in [4.78, 5) is -0.0778. The highest BCUT2D eigenvalue weighted by atomic mass is 35.5. The number of benzene rings is 1. The number of hydrogen-bond acceptors (Lipinski definition) is 3. The van der Waals surface area contributed by atoms with Crippen molar-refractivity contribution in [3.05, 3.63) is 29.0 Å². The van der Waals surface area contributed by atoms with Crippen molar-refractivity contribution in [3.8, 4) is 0 Å². The number of aliphatic hydroxyl groups excluding tert-OH is 1. The number of halogens is 2. The lowest BCUT2D eigenvalue weighted by Crippen LogP contribution is -2.25. The van der Waals surface area contributed by atoms with Crippen LogP contribution in [-0.4, -0.2) is 26.2 Å². The van der Waals surface area contributed by atoms with Gasteiger partial charge in [0.2, 0.25) is 10.0 Å². The summed E-state index contributed by atoms with van der Waals surface area (Å²) in [5.74, 6) is -0.662. The van der Waals surface area contributed by atoms with E-state index in [9.17, 15) is 12.8 Å². The van der Waals surface area contributed by atoms with Crippen LogP contribution in [0.15, 0.2) is 23.1 Å². The minimum absolute atomic E-state index is 0.0778. The molecule has 1 unspecified atom stereocenters. The summed E-state index contributed by atoms with van der Waals surface area (Å²) in [5.41, 5.74) is 0. The van der Waals surface area contributed by atoms with Gasteiger partial charge in [-0.25, -0.2) is 17.5 Å². The average Bonchev–Trinajstić information content (AvgIpc) is 2.28. The summed E-state index contributed by atoms with van der Waals surface area (Å²) in [5, 5.41) is 8.80. The number of hydrogen-bond donors (Lipinski definition) is 2. The summed E-state index contributed by atoms with van der Waals surface area (Å²) in [6.07, 6.45) is 0.563. The lowest BCUT2D eigenvalue weighted by atomic mass is 10.2. The Hall–Kier alpha value is -0.690. The van der Waals surface area contributed by atoms with E-state index in [2.05, 4.69) is 4.72 Å². The SMILES string of the molecule is CC(O)CCCNS(=O)(=O)c1ccc(F)c(Cl)c1. The summed E-state index contributed by atoms with van der Waals surface area (Å²) < 4.78 is 38.8. The molecule has 0 aliphatic heterocycles. The molecular weight excluding hydrogens is 281 g/mol. The molecule has 0 aromatic heterocycles. The molecule has 0 fully saturated rings. The molecular formula is C11H15ClFNO3S. The molecule has 18 heavy (non-hydrogen) atoms. The molecule has 4 nitrogen and oxygen atoms in total. The molecule has 0 bridgehead atoms. The summed E-state index contributed by atoms with van der Waals surface area (Å²) in [6.45, 7) is 1.84. The number of aliphatic hydroxyl groups is 1.